The summed E-state index contributed by atoms with van der Waals surface area (Å²) in [6, 6.07) is 14.7. The molecule has 1 aromatic carbocycles. The molecule has 0 spiro atoms. The molecule has 0 aliphatic rings. The average molecular weight is 255 g/mol. The molecular formula is C16H21N3. The first-order chi connectivity index (χ1) is 9.29. The lowest BCUT2D eigenvalue weighted by Gasteiger charge is -2.18. The summed E-state index contributed by atoms with van der Waals surface area (Å²) in [5.41, 5.74) is 2.57. The molecule has 1 aromatic heterocycles. The van der Waals surface area contributed by atoms with E-state index < -0.39 is 0 Å². The summed E-state index contributed by atoms with van der Waals surface area (Å²) in [7, 11) is 4.03. The van der Waals surface area contributed by atoms with Gasteiger partial charge in [-0.2, -0.15) is 0 Å². The minimum Gasteiger partial charge on any atom is -0.359 e. The lowest BCUT2D eigenvalue weighted by molar-refractivity contribution is 0.808. The van der Waals surface area contributed by atoms with E-state index in [-0.39, 0.29) is 0 Å². The van der Waals surface area contributed by atoms with Crippen molar-refractivity contribution in [2.75, 3.05) is 25.5 Å². The van der Waals surface area contributed by atoms with E-state index in [9.17, 15) is 0 Å². The van der Waals surface area contributed by atoms with E-state index in [0.29, 0.717) is 0 Å². The molecule has 2 rings (SSSR count). The van der Waals surface area contributed by atoms with Crippen molar-refractivity contribution < 1.29 is 0 Å². The Kier molecular flexibility index (Phi) is 4.93. The highest BCUT2D eigenvalue weighted by Gasteiger charge is 2.02. The van der Waals surface area contributed by atoms with Crippen molar-refractivity contribution in [3.63, 3.8) is 0 Å². The quantitative estimate of drug-likeness (QED) is 0.859. The van der Waals surface area contributed by atoms with Crippen LogP contribution in [0, 0.1) is 0 Å². The molecule has 0 saturated heterocycles. The third kappa shape index (κ3) is 4.07. The highest BCUT2D eigenvalue weighted by molar-refractivity contribution is 5.38. The summed E-state index contributed by atoms with van der Waals surface area (Å²) >= 11 is 0. The lowest BCUT2D eigenvalue weighted by Crippen LogP contribution is -2.21. The van der Waals surface area contributed by atoms with Crippen molar-refractivity contribution in [2.24, 2.45) is 0 Å². The molecule has 2 aromatic rings. The number of nitrogens with one attached hydrogen (secondary N) is 1. The molecular weight excluding hydrogens is 234 g/mol. The van der Waals surface area contributed by atoms with Gasteiger partial charge in [-0.1, -0.05) is 36.4 Å². The first-order valence-electron chi connectivity index (χ1n) is 6.64. The van der Waals surface area contributed by atoms with Gasteiger partial charge >= 0.3 is 0 Å². The largest absolute Gasteiger partial charge is 0.359 e. The van der Waals surface area contributed by atoms with Gasteiger partial charge in [0.05, 0.1) is 0 Å². The highest BCUT2D eigenvalue weighted by atomic mass is 15.2. The molecule has 0 aliphatic heterocycles. The van der Waals surface area contributed by atoms with E-state index in [4.69, 9.17) is 0 Å². The van der Waals surface area contributed by atoms with Crippen molar-refractivity contribution in [2.45, 2.75) is 13.0 Å². The van der Waals surface area contributed by atoms with Gasteiger partial charge in [0.15, 0.2) is 0 Å². The summed E-state index contributed by atoms with van der Waals surface area (Å²) < 4.78 is 0. The fourth-order valence-electron chi connectivity index (χ4n) is 2.01. The number of pyridine rings is 1. The number of likely N-dealkylation sites (N-methyl/N-ethyl adjacent to an activating group) is 1. The Labute approximate surface area is 115 Å². The van der Waals surface area contributed by atoms with E-state index in [1.165, 1.54) is 11.1 Å². The second kappa shape index (κ2) is 6.90. The van der Waals surface area contributed by atoms with Crippen LogP contribution in [0.4, 0.5) is 5.82 Å². The van der Waals surface area contributed by atoms with Gasteiger partial charge in [0.2, 0.25) is 0 Å². The maximum absolute atomic E-state index is 4.50. The number of anilines is 1. The fraction of sp³-hybridized carbons (Fsp3) is 0.312. The second-order valence-corrected chi connectivity index (χ2v) is 4.71. The third-order valence-corrected chi connectivity index (χ3v) is 3.16. The zero-order chi connectivity index (χ0) is 13.5. The van der Waals surface area contributed by atoms with Gasteiger partial charge in [0.1, 0.15) is 5.82 Å². The molecule has 100 valence electrons. The number of benzene rings is 1. The third-order valence-electron chi connectivity index (χ3n) is 3.16. The van der Waals surface area contributed by atoms with Gasteiger partial charge in [-0.3, -0.25) is 0 Å². The molecule has 0 aliphatic carbocycles. The minimum atomic E-state index is 0.862. The zero-order valence-corrected chi connectivity index (χ0v) is 11.6. The first kappa shape index (κ1) is 13.6. The van der Waals surface area contributed by atoms with Crippen LogP contribution in [0.25, 0.3) is 0 Å². The first-order valence-corrected chi connectivity index (χ1v) is 6.64. The molecule has 1 N–H and O–H groups in total. The number of aromatic nitrogens is 1. The van der Waals surface area contributed by atoms with Gasteiger partial charge in [-0.15, -0.1) is 0 Å². The Balaban J connectivity index is 1.90. The summed E-state index contributed by atoms with van der Waals surface area (Å²) in [5.74, 6) is 1.02. The molecule has 0 unspecified atom stereocenters. The van der Waals surface area contributed by atoms with Gasteiger partial charge in [-0.25, -0.2) is 4.98 Å². The predicted octanol–water partition coefficient (Wildman–Crippen LogP) is 2.48. The molecule has 0 fully saturated rings. The highest BCUT2D eigenvalue weighted by Crippen LogP contribution is 2.10. The standard InChI is InChI=1S/C16H21N3/c1-17-12-15-8-9-16(18-13-15)19(2)11-10-14-6-4-3-5-7-14/h3-9,13,17H,10-12H2,1-2H3. The average Bonchev–Trinajstić information content (AvgIpc) is 2.47. The maximum atomic E-state index is 4.50. The van der Waals surface area contributed by atoms with Gasteiger partial charge in [0.25, 0.3) is 0 Å². The number of rotatable bonds is 6. The Morgan fingerprint density at radius 2 is 1.84 bits per heavy atom. The summed E-state index contributed by atoms with van der Waals surface area (Å²) in [6.07, 6.45) is 2.97. The molecule has 19 heavy (non-hydrogen) atoms. The van der Waals surface area contributed by atoms with Crippen LogP contribution in [0.2, 0.25) is 0 Å². The van der Waals surface area contributed by atoms with E-state index in [1.807, 2.05) is 13.2 Å². The Hall–Kier alpha value is -1.87. The minimum absolute atomic E-state index is 0.862. The Morgan fingerprint density at radius 1 is 1.05 bits per heavy atom. The topological polar surface area (TPSA) is 28.2 Å². The zero-order valence-electron chi connectivity index (χ0n) is 11.6. The van der Waals surface area contributed by atoms with Crippen LogP contribution in [-0.4, -0.2) is 25.6 Å². The SMILES string of the molecule is CNCc1ccc(N(C)CCc2ccccc2)nc1. The van der Waals surface area contributed by atoms with E-state index >= 15 is 0 Å². The van der Waals surface area contributed by atoms with E-state index in [1.54, 1.807) is 0 Å². The van der Waals surface area contributed by atoms with Crippen LogP contribution in [-0.2, 0) is 13.0 Å². The Morgan fingerprint density at radius 3 is 2.47 bits per heavy atom. The number of hydrogen-bond acceptors (Lipinski definition) is 3. The molecule has 0 radical (unpaired) electrons. The van der Waals surface area contributed by atoms with E-state index in [2.05, 4.69) is 64.7 Å². The van der Waals surface area contributed by atoms with E-state index in [0.717, 1.165) is 25.3 Å². The molecule has 0 atom stereocenters. The van der Waals surface area contributed by atoms with Crippen LogP contribution in [0.15, 0.2) is 48.7 Å². The van der Waals surface area contributed by atoms with Crippen LogP contribution in [0.5, 0.6) is 0 Å². The molecule has 0 saturated carbocycles. The molecule has 0 amide bonds. The van der Waals surface area contributed by atoms with Crippen molar-refractivity contribution in [3.05, 3.63) is 59.8 Å². The smallest absolute Gasteiger partial charge is 0.128 e. The molecule has 3 nitrogen and oxygen atoms in total. The predicted molar refractivity (Wildman–Crippen MR) is 80.4 cm³/mol. The second-order valence-electron chi connectivity index (χ2n) is 4.71. The van der Waals surface area contributed by atoms with Gasteiger partial charge < -0.3 is 10.2 Å². The van der Waals surface area contributed by atoms with Crippen LogP contribution in [0.3, 0.4) is 0 Å². The molecule has 3 heteroatoms. The van der Waals surface area contributed by atoms with Crippen molar-refractivity contribution in [3.8, 4) is 0 Å². The van der Waals surface area contributed by atoms with Crippen LogP contribution in [0.1, 0.15) is 11.1 Å². The normalized spacial score (nSPS) is 10.4. The fourth-order valence-corrected chi connectivity index (χ4v) is 2.01. The van der Waals surface area contributed by atoms with Crippen molar-refractivity contribution >= 4 is 5.82 Å². The summed E-state index contributed by atoms with van der Waals surface area (Å²) in [5, 5.41) is 3.13. The molecule has 0 bridgehead atoms. The monoisotopic (exact) mass is 255 g/mol. The van der Waals surface area contributed by atoms with Gasteiger partial charge in [-0.05, 0) is 30.7 Å². The molecule has 1 heterocycles. The van der Waals surface area contributed by atoms with Crippen LogP contribution >= 0.6 is 0 Å². The van der Waals surface area contributed by atoms with Gasteiger partial charge in [0, 0.05) is 26.3 Å². The summed E-state index contributed by atoms with van der Waals surface area (Å²) in [6.45, 7) is 1.84. The Bertz CT molecular complexity index is 479. The summed E-state index contributed by atoms with van der Waals surface area (Å²) in [4.78, 5) is 6.69. The number of hydrogen-bond donors (Lipinski definition) is 1. The van der Waals surface area contributed by atoms with Crippen molar-refractivity contribution in [1.82, 2.24) is 10.3 Å². The maximum Gasteiger partial charge on any atom is 0.128 e. The van der Waals surface area contributed by atoms with Crippen molar-refractivity contribution in [1.29, 1.82) is 0 Å². The van der Waals surface area contributed by atoms with Crippen LogP contribution < -0.4 is 10.2 Å². The number of nitrogens with zero attached hydrogens (tertiary/aromatic N) is 2. The lowest BCUT2D eigenvalue weighted by atomic mass is 10.1.